The third kappa shape index (κ3) is 14.0. The van der Waals surface area contributed by atoms with Crippen molar-refractivity contribution in [3.05, 3.63) is 24.3 Å². The van der Waals surface area contributed by atoms with Crippen LogP contribution in [-0.2, 0) is 0 Å². The van der Waals surface area contributed by atoms with Crippen molar-refractivity contribution in [3.63, 3.8) is 0 Å². The van der Waals surface area contributed by atoms with Gasteiger partial charge in [-0.3, -0.25) is 0 Å². The van der Waals surface area contributed by atoms with Crippen molar-refractivity contribution in [2.24, 2.45) is 11.8 Å². The molecular weight excluding hydrogens is 168 g/mol. The third-order valence-corrected chi connectivity index (χ3v) is 2.31. The van der Waals surface area contributed by atoms with E-state index in [4.69, 9.17) is 0 Å². The van der Waals surface area contributed by atoms with Crippen LogP contribution in [0.3, 0.4) is 0 Å². The summed E-state index contributed by atoms with van der Waals surface area (Å²) in [4.78, 5) is 0. The monoisotopic (exact) mass is 196 g/mol. The highest BCUT2D eigenvalue weighted by Crippen LogP contribution is 2.05. The van der Waals surface area contributed by atoms with E-state index in [1.165, 1.54) is 12.0 Å². The van der Waals surface area contributed by atoms with Crippen LogP contribution >= 0.6 is 0 Å². The first-order valence-corrected chi connectivity index (χ1v) is 5.69. The Morgan fingerprint density at radius 2 is 1.71 bits per heavy atom. The number of rotatable bonds is 4. The van der Waals surface area contributed by atoms with Crippen LogP contribution in [0.25, 0.3) is 0 Å². The Kier molecular flexibility index (Phi) is 12.0. The van der Waals surface area contributed by atoms with Crippen molar-refractivity contribution < 1.29 is 0 Å². The Hall–Kier alpha value is -0.520. The molecule has 0 heteroatoms. The lowest BCUT2D eigenvalue weighted by Gasteiger charge is -2.00. The molecule has 0 heterocycles. The Morgan fingerprint density at radius 3 is 1.79 bits per heavy atom. The Labute approximate surface area is 91.1 Å². The maximum absolute atomic E-state index is 3.63. The minimum atomic E-state index is 0.727. The minimum Gasteiger partial charge on any atom is -0.103 e. The normalized spacial score (nSPS) is 11.3. The largest absolute Gasteiger partial charge is 0.103 e. The summed E-state index contributed by atoms with van der Waals surface area (Å²) in [5.74, 6) is 1.56. The molecule has 0 aromatic heterocycles. The van der Waals surface area contributed by atoms with Crippen LogP contribution in [-0.4, -0.2) is 0 Å². The molecule has 0 amide bonds. The maximum atomic E-state index is 3.63. The van der Waals surface area contributed by atoms with E-state index in [1.54, 1.807) is 0 Å². The van der Waals surface area contributed by atoms with Crippen LogP contribution in [0.4, 0.5) is 0 Å². The highest BCUT2D eigenvalue weighted by Gasteiger charge is 1.90. The zero-order chi connectivity index (χ0) is 11.6. The van der Waals surface area contributed by atoms with E-state index in [2.05, 4.69) is 54.2 Å². The molecular formula is C14H28. The second-order valence-electron chi connectivity index (χ2n) is 4.45. The van der Waals surface area contributed by atoms with Gasteiger partial charge >= 0.3 is 0 Å². The Balaban J connectivity index is 0. The van der Waals surface area contributed by atoms with Crippen LogP contribution in [0.1, 0.15) is 54.4 Å². The van der Waals surface area contributed by atoms with Gasteiger partial charge in [0.05, 0.1) is 0 Å². The van der Waals surface area contributed by atoms with E-state index in [0.717, 1.165) is 18.3 Å². The molecule has 0 fully saturated rings. The van der Waals surface area contributed by atoms with Gasteiger partial charge in [-0.05, 0) is 38.5 Å². The molecule has 0 saturated heterocycles. The highest BCUT2D eigenvalue weighted by atomic mass is 14.0. The summed E-state index contributed by atoms with van der Waals surface area (Å²) < 4.78 is 0. The van der Waals surface area contributed by atoms with Gasteiger partial charge in [-0.2, -0.15) is 0 Å². The number of hydrogen-bond acceptors (Lipinski definition) is 0. The summed E-state index contributed by atoms with van der Waals surface area (Å²) in [5, 5.41) is 0. The Bertz CT molecular complexity index is 149. The SMILES string of the molecule is C/C=C(/C)C(C)C.C=CCCC(C)C. The van der Waals surface area contributed by atoms with Gasteiger partial charge in [0, 0.05) is 0 Å². The second-order valence-corrected chi connectivity index (χ2v) is 4.45. The predicted octanol–water partition coefficient (Wildman–Crippen LogP) is 5.22. The first-order chi connectivity index (χ1) is 6.45. The van der Waals surface area contributed by atoms with Crippen molar-refractivity contribution in [1.82, 2.24) is 0 Å². The molecule has 0 atom stereocenters. The van der Waals surface area contributed by atoms with Gasteiger partial charge in [0.25, 0.3) is 0 Å². The van der Waals surface area contributed by atoms with Gasteiger partial charge in [0.15, 0.2) is 0 Å². The minimum absolute atomic E-state index is 0.727. The van der Waals surface area contributed by atoms with E-state index in [0.29, 0.717) is 0 Å². The molecule has 84 valence electrons. The van der Waals surface area contributed by atoms with Gasteiger partial charge in [0.1, 0.15) is 0 Å². The molecule has 0 nitrogen and oxygen atoms in total. The van der Waals surface area contributed by atoms with Crippen LogP contribution in [0.5, 0.6) is 0 Å². The zero-order valence-electron chi connectivity index (χ0n) is 10.9. The fourth-order valence-electron chi connectivity index (χ4n) is 0.785. The summed E-state index contributed by atoms with van der Waals surface area (Å²) in [6.07, 6.45) is 6.58. The molecule has 14 heavy (non-hydrogen) atoms. The van der Waals surface area contributed by atoms with Gasteiger partial charge < -0.3 is 0 Å². The second kappa shape index (κ2) is 10.6. The molecule has 0 aliphatic carbocycles. The summed E-state index contributed by atoms with van der Waals surface area (Å²) in [6.45, 7) is 16.7. The summed E-state index contributed by atoms with van der Waals surface area (Å²) in [5.41, 5.74) is 1.47. The zero-order valence-corrected chi connectivity index (χ0v) is 10.9. The van der Waals surface area contributed by atoms with E-state index in [1.807, 2.05) is 6.08 Å². The van der Waals surface area contributed by atoms with E-state index >= 15 is 0 Å². The first kappa shape index (κ1) is 15.9. The predicted molar refractivity (Wildman–Crippen MR) is 68.5 cm³/mol. The third-order valence-electron chi connectivity index (χ3n) is 2.31. The molecule has 0 unspecified atom stereocenters. The molecule has 0 aliphatic rings. The maximum Gasteiger partial charge on any atom is -0.0263 e. The lowest BCUT2D eigenvalue weighted by Crippen LogP contribution is -1.85. The van der Waals surface area contributed by atoms with Crippen LogP contribution in [0.2, 0.25) is 0 Å². The van der Waals surface area contributed by atoms with Crippen molar-refractivity contribution in [2.45, 2.75) is 54.4 Å². The smallest absolute Gasteiger partial charge is 0.0263 e. The Morgan fingerprint density at radius 1 is 1.21 bits per heavy atom. The lowest BCUT2D eigenvalue weighted by molar-refractivity contribution is 0.595. The van der Waals surface area contributed by atoms with Crippen molar-refractivity contribution >= 4 is 0 Å². The standard InChI is InChI=1S/2C7H14/c1-5-7(4)6(2)3;1-4-5-6-7(2)3/h5-6H,1-4H3;4,7H,1,5-6H2,2-3H3/b7-5-;. The number of hydrogen-bond donors (Lipinski definition) is 0. The van der Waals surface area contributed by atoms with E-state index < -0.39 is 0 Å². The van der Waals surface area contributed by atoms with E-state index in [9.17, 15) is 0 Å². The molecule has 0 N–H and O–H groups in total. The summed E-state index contributed by atoms with van der Waals surface area (Å²) >= 11 is 0. The van der Waals surface area contributed by atoms with Crippen LogP contribution < -0.4 is 0 Å². The number of allylic oxidation sites excluding steroid dienone is 3. The van der Waals surface area contributed by atoms with Crippen molar-refractivity contribution in [1.29, 1.82) is 0 Å². The topological polar surface area (TPSA) is 0 Å². The van der Waals surface area contributed by atoms with Crippen LogP contribution in [0, 0.1) is 11.8 Å². The van der Waals surface area contributed by atoms with Gasteiger partial charge in [-0.15, -0.1) is 6.58 Å². The fraction of sp³-hybridized carbons (Fsp3) is 0.714. The molecule has 0 bridgehead atoms. The molecule has 0 aliphatic heterocycles. The quantitative estimate of drug-likeness (QED) is 0.541. The average molecular weight is 196 g/mol. The molecule has 0 rings (SSSR count). The first-order valence-electron chi connectivity index (χ1n) is 5.69. The summed E-state index contributed by atoms with van der Waals surface area (Å²) in [7, 11) is 0. The average Bonchev–Trinajstić information content (AvgIpc) is 2.14. The van der Waals surface area contributed by atoms with Gasteiger partial charge in [-0.1, -0.05) is 45.4 Å². The highest BCUT2D eigenvalue weighted by molar-refractivity contribution is 4.97. The van der Waals surface area contributed by atoms with Crippen LogP contribution in [0.15, 0.2) is 24.3 Å². The van der Waals surface area contributed by atoms with Gasteiger partial charge in [-0.25, -0.2) is 0 Å². The molecule has 0 spiro atoms. The summed E-state index contributed by atoms with van der Waals surface area (Å²) in [6, 6.07) is 0. The molecule has 0 radical (unpaired) electrons. The molecule has 0 saturated carbocycles. The molecule has 0 aromatic carbocycles. The molecule has 0 aromatic rings. The lowest BCUT2D eigenvalue weighted by atomic mass is 10.1. The van der Waals surface area contributed by atoms with E-state index in [-0.39, 0.29) is 0 Å². The van der Waals surface area contributed by atoms with Gasteiger partial charge in [0.2, 0.25) is 0 Å². The van der Waals surface area contributed by atoms with Crippen molar-refractivity contribution in [3.8, 4) is 0 Å². The fourth-order valence-corrected chi connectivity index (χ4v) is 0.785. The van der Waals surface area contributed by atoms with Crippen molar-refractivity contribution in [2.75, 3.05) is 0 Å².